The number of halogens is 4. The second-order valence-electron chi connectivity index (χ2n) is 6.83. The lowest BCUT2D eigenvalue weighted by atomic mass is 9.85. The van der Waals surface area contributed by atoms with E-state index in [2.05, 4.69) is 10.8 Å². The molecule has 0 amide bonds. The van der Waals surface area contributed by atoms with Crippen LogP contribution in [0.25, 0.3) is 0 Å². The lowest BCUT2D eigenvalue weighted by molar-refractivity contribution is -0.276. The van der Waals surface area contributed by atoms with Crippen LogP contribution in [-0.2, 0) is 6.42 Å². The van der Waals surface area contributed by atoms with Crippen LogP contribution in [0.1, 0.15) is 44.1 Å². The number of rotatable bonds is 8. The van der Waals surface area contributed by atoms with Crippen LogP contribution in [0.15, 0.2) is 24.3 Å². The molecule has 0 spiro atoms. The minimum Gasteiger partial charge on any atom is -0.489 e. The molecular formula is C19H22F4O2. The first-order valence-electron chi connectivity index (χ1n) is 8.79. The van der Waals surface area contributed by atoms with Gasteiger partial charge in [-0.2, -0.15) is 0 Å². The van der Waals surface area contributed by atoms with Crippen LogP contribution in [0.3, 0.4) is 0 Å². The Hall–Kier alpha value is -1.72. The van der Waals surface area contributed by atoms with E-state index in [1.807, 2.05) is 6.08 Å². The third-order valence-electron chi connectivity index (χ3n) is 4.67. The Labute approximate surface area is 144 Å². The Kier molecular flexibility index (Phi) is 5.54. The van der Waals surface area contributed by atoms with Gasteiger partial charge in [-0.1, -0.05) is 24.6 Å². The minimum absolute atomic E-state index is 0.185. The zero-order valence-corrected chi connectivity index (χ0v) is 13.9. The number of allylic oxidation sites excluding steroid dienone is 2. The topological polar surface area (TPSA) is 18.5 Å². The molecule has 2 aliphatic carbocycles. The van der Waals surface area contributed by atoms with Gasteiger partial charge in [-0.15, -0.1) is 13.2 Å². The van der Waals surface area contributed by atoms with Gasteiger partial charge in [-0.3, -0.25) is 0 Å². The second kappa shape index (κ2) is 7.67. The number of hydrogen-bond donors (Lipinski definition) is 0. The van der Waals surface area contributed by atoms with Crippen molar-refractivity contribution in [1.29, 1.82) is 0 Å². The van der Waals surface area contributed by atoms with Crippen molar-refractivity contribution in [3.63, 3.8) is 0 Å². The molecule has 2 fully saturated rings. The molecule has 3 rings (SSSR count). The first kappa shape index (κ1) is 18.1. The summed E-state index contributed by atoms with van der Waals surface area (Å²) in [5.41, 5.74) is 0.205. The summed E-state index contributed by atoms with van der Waals surface area (Å²) >= 11 is 0. The van der Waals surface area contributed by atoms with Gasteiger partial charge in [-0.05, 0) is 62.0 Å². The quantitative estimate of drug-likeness (QED) is 0.432. The van der Waals surface area contributed by atoms with Crippen molar-refractivity contribution < 1.29 is 27.0 Å². The summed E-state index contributed by atoms with van der Waals surface area (Å²) in [4.78, 5) is 0. The van der Waals surface area contributed by atoms with Gasteiger partial charge in [0.1, 0.15) is 0 Å². The van der Waals surface area contributed by atoms with Crippen molar-refractivity contribution in [2.75, 3.05) is 6.61 Å². The van der Waals surface area contributed by atoms with Crippen LogP contribution in [0.2, 0.25) is 0 Å². The molecule has 138 valence electrons. The van der Waals surface area contributed by atoms with Crippen molar-refractivity contribution in [3.8, 4) is 11.5 Å². The Morgan fingerprint density at radius 2 is 1.88 bits per heavy atom. The van der Waals surface area contributed by atoms with Gasteiger partial charge in [0.25, 0.3) is 0 Å². The monoisotopic (exact) mass is 358 g/mol. The number of alkyl halides is 3. The highest BCUT2D eigenvalue weighted by molar-refractivity contribution is 5.45. The van der Waals surface area contributed by atoms with Crippen LogP contribution in [0, 0.1) is 17.7 Å². The largest absolute Gasteiger partial charge is 0.573 e. The fraction of sp³-hybridized carbons (Fsp3) is 0.579. The van der Waals surface area contributed by atoms with E-state index < -0.39 is 17.9 Å². The highest BCUT2D eigenvalue weighted by Gasteiger charge is 2.35. The third-order valence-corrected chi connectivity index (χ3v) is 4.67. The molecule has 0 bridgehead atoms. The van der Waals surface area contributed by atoms with Crippen LogP contribution < -0.4 is 9.47 Å². The third kappa shape index (κ3) is 5.38. The Balaban J connectivity index is 1.68. The lowest BCUT2D eigenvalue weighted by Gasteiger charge is -2.21. The van der Waals surface area contributed by atoms with Gasteiger partial charge in [0, 0.05) is 0 Å². The van der Waals surface area contributed by atoms with Crippen molar-refractivity contribution in [2.45, 2.75) is 51.3 Å². The molecule has 0 saturated heterocycles. The average molecular weight is 358 g/mol. The fourth-order valence-corrected chi connectivity index (χ4v) is 2.75. The van der Waals surface area contributed by atoms with Crippen LogP contribution in [-0.4, -0.2) is 13.0 Å². The molecule has 0 aromatic heterocycles. The summed E-state index contributed by atoms with van der Waals surface area (Å²) in [5.74, 6) is -1.07. The standard InChI is InChI=1S/C19H22F4O2/c20-17-15(7-2-1-4-13-5-3-6-13)10-11-16(24-12-14-8-9-14)18(17)25-19(21,22)23/h1,4,10-11,13-14H,2-3,5-9,12H2/b4-1+. The molecule has 0 unspecified atom stereocenters. The van der Waals surface area contributed by atoms with Gasteiger partial charge in [0.2, 0.25) is 5.75 Å². The Morgan fingerprint density at radius 1 is 1.12 bits per heavy atom. The number of aryl methyl sites for hydroxylation is 1. The molecule has 1 aromatic rings. The molecule has 1 aromatic carbocycles. The van der Waals surface area contributed by atoms with Gasteiger partial charge >= 0.3 is 6.36 Å². The van der Waals surface area contributed by atoms with Crippen LogP contribution in [0.4, 0.5) is 17.6 Å². The molecule has 0 aliphatic heterocycles. The second-order valence-corrected chi connectivity index (χ2v) is 6.83. The highest BCUT2D eigenvalue weighted by Crippen LogP contribution is 2.38. The van der Waals surface area contributed by atoms with Crippen molar-refractivity contribution in [3.05, 3.63) is 35.7 Å². The average Bonchev–Trinajstić information content (AvgIpc) is 3.30. The maximum Gasteiger partial charge on any atom is 0.573 e. The van der Waals surface area contributed by atoms with E-state index >= 15 is 0 Å². The van der Waals surface area contributed by atoms with Gasteiger partial charge in [-0.25, -0.2) is 4.39 Å². The predicted octanol–water partition coefficient (Wildman–Crippen LogP) is 5.80. The molecule has 0 heterocycles. The summed E-state index contributed by atoms with van der Waals surface area (Å²) in [5, 5.41) is 0. The van der Waals surface area contributed by atoms with Crippen LogP contribution >= 0.6 is 0 Å². The molecule has 2 nitrogen and oxygen atoms in total. The zero-order valence-electron chi connectivity index (χ0n) is 13.9. The SMILES string of the molecule is Fc1c(CC/C=C/C2CCC2)ccc(OCC2CC2)c1OC(F)(F)F. The van der Waals surface area contributed by atoms with Crippen molar-refractivity contribution in [1.82, 2.24) is 0 Å². The molecule has 6 heteroatoms. The number of hydrogen-bond acceptors (Lipinski definition) is 2. The summed E-state index contributed by atoms with van der Waals surface area (Å²) < 4.78 is 61.7. The van der Waals surface area contributed by atoms with Crippen LogP contribution in [0.5, 0.6) is 11.5 Å². The van der Waals surface area contributed by atoms with E-state index in [1.54, 1.807) is 0 Å². The highest BCUT2D eigenvalue weighted by atomic mass is 19.4. The Bertz CT molecular complexity index is 617. The van der Waals surface area contributed by atoms with E-state index in [0.29, 0.717) is 24.7 Å². The summed E-state index contributed by atoms with van der Waals surface area (Å²) in [7, 11) is 0. The van der Waals surface area contributed by atoms with E-state index in [0.717, 1.165) is 12.8 Å². The molecular weight excluding hydrogens is 336 g/mol. The van der Waals surface area contributed by atoms with E-state index in [4.69, 9.17) is 4.74 Å². The Morgan fingerprint density at radius 3 is 2.48 bits per heavy atom. The van der Waals surface area contributed by atoms with E-state index in [1.165, 1.54) is 31.4 Å². The minimum atomic E-state index is -4.96. The van der Waals surface area contributed by atoms with Crippen molar-refractivity contribution in [2.24, 2.45) is 11.8 Å². The first-order chi connectivity index (χ1) is 11.9. The summed E-state index contributed by atoms with van der Waals surface area (Å²) in [6, 6.07) is 2.86. The molecule has 0 atom stereocenters. The first-order valence-corrected chi connectivity index (χ1v) is 8.79. The molecule has 25 heavy (non-hydrogen) atoms. The number of benzene rings is 1. The lowest BCUT2D eigenvalue weighted by Crippen LogP contribution is -2.19. The molecule has 0 N–H and O–H groups in total. The van der Waals surface area contributed by atoms with Gasteiger partial charge in [0.05, 0.1) is 6.61 Å². The summed E-state index contributed by atoms with van der Waals surface area (Å²) in [6.07, 6.45) is 5.63. The predicted molar refractivity (Wildman–Crippen MR) is 86.1 cm³/mol. The normalized spacial score (nSPS) is 18.4. The number of ether oxygens (including phenoxy) is 2. The van der Waals surface area contributed by atoms with Gasteiger partial charge in [0.15, 0.2) is 11.6 Å². The van der Waals surface area contributed by atoms with E-state index in [9.17, 15) is 17.6 Å². The fourth-order valence-electron chi connectivity index (χ4n) is 2.75. The smallest absolute Gasteiger partial charge is 0.489 e. The maximum absolute atomic E-state index is 14.5. The van der Waals surface area contributed by atoms with Crippen molar-refractivity contribution >= 4 is 0 Å². The van der Waals surface area contributed by atoms with Gasteiger partial charge < -0.3 is 9.47 Å². The molecule has 0 radical (unpaired) electrons. The zero-order chi connectivity index (χ0) is 17.9. The van der Waals surface area contributed by atoms with E-state index in [-0.39, 0.29) is 17.9 Å². The maximum atomic E-state index is 14.5. The summed E-state index contributed by atoms with van der Waals surface area (Å²) in [6.45, 7) is 0.289. The molecule has 2 aliphatic rings. The molecule has 2 saturated carbocycles.